The Morgan fingerprint density at radius 1 is 1.29 bits per heavy atom. The molecule has 0 aliphatic carbocycles. The zero-order chi connectivity index (χ0) is 20.7. The summed E-state index contributed by atoms with van der Waals surface area (Å²) >= 11 is 0. The Labute approximate surface area is 158 Å². The third-order valence-corrected chi connectivity index (χ3v) is 3.58. The number of methoxy groups -OCH3 is 1. The third-order valence-electron chi connectivity index (χ3n) is 3.58. The number of nitro benzene ring substituents is 1. The summed E-state index contributed by atoms with van der Waals surface area (Å²) in [5, 5.41) is 13.6. The van der Waals surface area contributed by atoms with Gasteiger partial charge in [-0.15, -0.1) is 0 Å². The summed E-state index contributed by atoms with van der Waals surface area (Å²) in [7, 11) is 1.15. The maximum Gasteiger partial charge on any atom is 0.332 e. The van der Waals surface area contributed by atoms with Crippen molar-refractivity contribution in [3.05, 3.63) is 40.6 Å². The van der Waals surface area contributed by atoms with Gasteiger partial charge in [-0.05, 0) is 18.2 Å². The zero-order valence-corrected chi connectivity index (χ0v) is 15.0. The van der Waals surface area contributed by atoms with Crippen LogP contribution in [0, 0.1) is 10.1 Å². The summed E-state index contributed by atoms with van der Waals surface area (Å²) in [6.45, 7) is 0.627. The number of nitro groups is 1. The topological polar surface area (TPSA) is 147 Å². The number of esters is 2. The van der Waals surface area contributed by atoms with Crippen molar-refractivity contribution >= 4 is 34.4 Å². The van der Waals surface area contributed by atoms with Crippen LogP contribution >= 0.6 is 0 Å². The van der Waals surface area contributed by atoms with Crippen molar-refractivity contribution < 1.29 is 33.5 Å². The van der Waals surface area contributed by atoms with E-state index in [2.05, 4.69) is 15.0 Å². The van der Waals surface area contributed by atoms with Crippen LogP contribution in [0.1, 0.15) is 13.3 Å². The molecule has 2 aromatic rings. The highest BCUT2D eigenvalue weighted by Gasteiger charge is 2.25. The number of ether oxygens (including phenoxy) is 3. The number of hydrogen-bond donors (Lipinski definition) is 1. The number of carbonyl (C=O) groups excluding carboxylic acids is 3. The molecule has 1 amide bonds. The maximum atomic E-state index is 12.1. The Morgan fingerprint density at radius 2 is 2.04 bits per heavy atom. The fourth-order valence-electron chi connectivity index (χ4n) is 2.35. The van der Waals surface area contributed by atoms with Crippen molar-refractivity contribution in [2.24, 2.45) is 0 Å². The second-order valence-electron chi connectivity index (χ2n) is 5.50. The first-order valence-corrected chi connectivity index (χ1v) is 7.99. The van der Waals surface area contributed by atoms with Crippen molar-refractivity contribution in [1.82, 2.24) is 10.3 Å². The van der Waals surface area contributed by atoms with Gasteiger partial charge in [0, 0.05) is 19.2 Å². The fraction of sp³-hybridized carbons (Fsp3) is 0.294. The highest BCUT2D eigenvalue weighted by molar-refractivity contribution is 5.92. The Kier molecular flexibility index (Phi) is 6.79. The van der Waals surface area contributed by atoms with Gasteiger partial charge in [0.1, 0.15) is 17.3 Å². The lowest BCUT2D eigenvalue weighted by Crippen LogP contribution is -2.42. The van der Waals surface area contributed by atoms with Crippen LogP contribution in [0.15, 0.2) is 30.5 Å². The lowest BCUT2D eigenvalue weighted by molar-refractivity contribution is -0.383. The predicted molar refractivity (Wildman–Crippen MR) is 94.2 cm³/mol. The molecule has 1 aromatic heterocycles. The summed E-state index contributed by atoms with van der Waals surface area (Å²) in [4.78, 5) is 49.3. The summed E-state index contributed by atoms with van der Waals surface area (Å²) in [6, 6.07) is 4.41. The molecule has 0 fully saturated rings. The Morgan fingerprint density at radius 3 is 2.68 bits per heavy atom. The first kappa shape index (κ1) is 20.6. The number of nitrogens with one attached hydrogen (secondary N) is 1. The lowest BCUT2D eigenvalue weighted by Gasteiger charge is -2.16. The molecule has 1 unspecified atom stereocenters. The van der Waals surface area contributed by atoms with E-state index in [-0.39, 0.29) is 22.3 Å². The van der Waals surface area contributed by atoms with Crippen LogP contribution in [0.5, 0.6) is 5.75 Å². The third kappa shape index (κ3) is 5.13. The number of nitrogens with zero attached hydrogens (tertiary/aromatic N) is 2. The molecule has 1 atom stereocenters. The molecule has 1 heterocycles. The molecule has 11 nitrogen and oxygen atoms in total. The SMILES string of the molecule is COC(=O)CC(NC(C)=O)C(=O)OCOc1ccc([N+](=O)[O-])c2cccnc12. The van der Waals surface area contributed by atoms with Crippen molar-refractivity contribution in [3.63, 3.8) is 0 Å². The molecule has 0 radical (unpaired) electrons. The number of non-ortho nitro benzene ring substituents is 1. The molecule has 0 aliphatic rings. The average Bonchev–Trinajstić information content (AvgIpc) is 2.66. The lowest BCUT2D eigenvalue weighted by atomic mass is 10.1. The second-order valence-corrected chi connectivity index (χ2v) is 5.50. The summed E-state index contributed by atoms with van der Waals surface area (Å²) in [5.74, 6) is -1.97. The number of aromatic nitrogens is 1. The zero-order valence-electron chi connectivity index (χ0n) is 15.0. The van der Waals surface area contributed by atoms with Gasteiger partial charge in [-0.1, -0.05) is 0 Å². The van der Waals surface area contributed by atoms with Gasteiger partial charge >= 0.3 is 11.9 Å². The van der Waals surface area contributed by atoms with E-state index in [0.717, 1.165) is 7.11 Å². The quantitative estimate of drug-likeness (QED) is 0.302. The number of pyridine rings is 1. The number of carbonyl (C=O) groups is 3. The van der Waals surface area contributed by atoms with E-state index >= 15 is 0 Å². The van der Waals surface area contributed by atoms with Crippen LogP contribution in [-0.2, 0) is 23.9 Å². The van der Waals surface area contributed by atoms with E-state index in [1.165, 1.54) is 31.3 Å². The summed E-state index contributed by atoms with van der Waals surface area (Å²) < 4.78 is 14.8. The van der Waals surface area contributed by atoms with E-state index < -0.39 is 42.0 Å². The van der Waals surface area contributed by atoms with Crippen molar-refractivity contribution in [2.45, 2.75) is 19.4 Å². The molecule has 1 N–H and O–H groups in total. The molecule has 148 valence electrons. The second kappa shape index (κ2) is 9.26. The molecular formula is C17H17N3O8. The smallest absolute Gasteiger partial charge is 0.332 e. The summed E-state index contributed by atoms with van der Waals surface area (Å²) in [6.07, 6.45) is 1.03. The number of fused-ring (bicyclic) bond motifs is 1. The molecule has 0 saturated heterocycles. The molecule has 0 spiro atoms. The van der Waals surface area contributed by atoms with Crippen LogP contribution in [0.4, 0.5) is 5.69 Å². The molecule has 28 heavy (non-hydrogen) atoms. The van der Waals surface area contributed by atoms with Crippen LogP contribution in [-0.4, -0.2) is 47.7 Å². The first-order chi connectivity index (χ1) is 13.3. The molecular weight excluding hydrogens is 374 g/mol. The Hall–Kier alpha value is -3.76. The van der Waals surface area contributed by atoms with Gasteiger partial charge in [0.05, 0.1) is 23.8 Å². The van der Waals surface area contributed by atoms with E-state index in [1.807, 2.05) is 0 Å². The number of benzene rings is 1. The predicted octanol–water partition coefficient (Wildman–Crippen LogP) is 1.09. The minimum atomic E-state index is -1.24. The minimum Gasteiger partial charge on any atom is -0.469 e. The van der Waals surface area contributed by atoms with Gasteiger partial charge < -0.3 is 19.5 Å². The van der Waals surface area contributed by atoms with E-state index in [1.54, 1.807) is 6.07 Å². The average molecular weight is 391 g/mol. The van der Waals surface area contributed by atoms with Gasteiger partial charge in [-0.2, -0.15) is 0 Å². The number of rotatable bonds is 8. The van der Waals surface area contributed by atoms with Crippen LogP contribution < -0.4 is 10.1 Å². The van der Waals surface area contributed by atoms with E-state index in [0.29, 0.717) is 0 Å². The van der Waals surface area contributed by atoms with Crippen LogP contribution in [0.2, 0.25) is 0 Å². The van der Waals surface area contributed by atoms with Crippen LogP contribution in [0.3, 0.4) is 0 Å². The van der Waals surface area contributed by atoms with Gasteiger partial charge in [0.15, 0.2) is 0 Å². The van der Waals surface area contributed by atoms with Crippen LogP contribution in [0.25, 0.3) is 10.9 Å². The number of amides is 1. The Balaban J connectivity index is 2.08. The van der Waals surface area contributed by atoms with Crippen molar-refractivity contribution in [2.75, 3.05) is 13.9 Å². The molecule has 0 bridgehead atoms. The van der Waals surface area contributed by atoms with E-state index in [4.69, 9.17) is 9.47 Å². The molecule has 1 aromatic carbocycles. The van der Waals surface area contributed by atoms with E-state index in [9.17, 15) is 24.5 Å². The van der Waals surface area contributed by atoms with Gasteiger partial charge in [0.25, 0.3) is 5.69 Å². The van der Waals surface area contributed by atoms with Gasteiger partial charge in [-0.3, -0.25) is 24.7 Å². The van der Waals surface area contributed by atoms with Crippen molar-refractivity contribution in [1.29, 1.82) is 0 Å². The first-order valence-electron chi connectivity index (χ1n) is 7.99. The van der Waals surface area contributed by atoms with Crippen molar-refractivity contribution in [3.8, 4) is 5.75 Å². The highest BCUT2D eigenvalue weighted by Crippen LogP contribution is 2.31. The summed E-state index contributed by atoms with van der Waals surface area (Å²) in [5.41, 5.74) is 0.0805. The highest BCUT2D eigenvalue weighted by atomic mass is 16.7. The molecule has 0 aliphatic heterocycles. The fourth-order valence-corrected chi connectivity index (χ4v) is 2.35. The molecule has 2 rings (SSSR count). The number of hydrogen-bond acceptors (Lipinski definition) is 9. The molecule has 0 saturated carbocycles. The molecule has 11 heteroatoms. The monoisotopic (exact) mass is 391 g/mol. The standard InChI is InChI=1S/C17H17N3O8/c1-10(21)19-12(8-15(22)26-2)17(23)28-9-27-14-6-5-13(20(24)25)11-4-3-7-18-16(11)14/h3-7,12H,8-9H2,1-2H3,(H,19,21). The van der Waals surface area contributed by atoms with Gasteiger partial charge in [-0.25, -0.2) is 4.79 Å². The largest absolute Gasteiger partial charge is 0.469 e. The van der Waals surface area contributed by atoms with Gasteiger partial charge in [0.2, 0.25) is 12.7 Å². The normalized spacial score (nSPS) is 11.4. The Bertz CT molecular complexity index is 914. The minimum absolute atomic E-state index is 0.142. The maximum absolute atomic E-state index is 12.1.